The number of aliphatic imine (C=N–C) groups is 1. The number of carbonyl (C=O) groups excluding carboxylic acids is 8. The Bertz CT molecular complexity index is 1850. The summed E-state index contributed by atoms with van der Waals surface area (Å²) in [6.07, 6.45) is -2.88. The monoisotopic (exact) mass is 940 g/mol. The molecule has 0 bridgehead atoms. The largest absolute Gasteiger partial charge is 0.508 e. The van der Waals surface area contributed by atoms with E-state index in [1.54, 1.807) is 13.8 Å². The minimum Gasteiger partial charge on any atom is -0.508 e. The number of hydrogen-bond acceptors (Lipinski definition) is 16. The lowest BCUT2D eigenvalue weighted by atomic mass is 10.0. The molecule has 1 aromatic rings. The van der Waals surface area contributed by atoms with E-state index in [1.165, 1.54) is 24.3 Å². The first-order valence-corrected chi connectivity index (χ1v) is 20.7. The third-order valence-corrected chi connectivity index (χ3v) is 9.45. The summed E-state index contributed by atoms with van der Waals surface area (Å²) in [5, 5.41) is 74.8. The highest BCUT2D eigenvalue weighted by Crippen LogP contribution is 2.13. The Morgan fingerprint density at radius 1 is 0.606 bits per heavy atom. The van der Waals surface area contributed by atoms with Crippen LogP contribution < -0.4 is 60.2 Å². The summed E-state index contributed by atoms with van der Waals surface area (Å²) >= 11 is 0. The molecule has 9 atom stereocenters. The molecule has 0 spiro atoms. The number of rotatable bonds is 30. The fourth-order valence-corrected chi connectivity index (χ4v) is 5.88. The van der Waals surface area contributed by atoms with Gasteiger partial charge in [0.15, 0.2) is 12.0 Å². The van der Waals surface area contributed by atoms with Crippen molar-refractivity contribution in [2.45, 2.75) is 114 Å². The van der Waals surface area contributed by atoms with Gasteiger partial charge in [-0.2, -0.15) is 0 Å². The van der Waals surface area contributed by atoms with Crippen LogP contribution in [-0.2, 0) is 49.6 Å². The van der Waals surface area contributed by atoms with Crippen LogP contribution in [0, 0.1) is 5.92 Å². The molecule has 66 heavy (non-hydrogen) atoms. The Balaban J connectivity index is 3.42. The molecule has 0 aliphatic heterocycles. The van der Waals surface area contributed by atoms with Gasteiger partial charge in [-0.15, -0.1) is 0 Å². The zero-order valence-corrected chi connectivity index (χ0v) is 36.8. The highest BCUT2D eigenvalue weighted by Gasteiger charge is 2.35. The second-order valence-electron chi connectivity index (χ2n) is 15.5. The van der Waals surface area contributed by atoms with E-state index >= 15 is 0 Å². The van der Waals surface area contributed by atoms with Crippen LogP contribution in [0.1, 0.15) is 58.4 Å². The van der Waals surface area contributed by atoms with Gasteiger partial charge in [0, 0.05) is 19.4 Å². The first-order valence-electron chi connectivity index (χ1n) is 20.7. The fourth-order valence-electron chi connectivity index (χ4n) is 5.88. The molecule has 27 nitrogen and oxygen atoms in total. The third-order valence-electron chi connectivity index (χ3n) is 9.45. The summed E-state index contributed by atoms with van der Waals surface area (Å²) in [7, 11) is 0. The van der Waals surface area contributed by atoms with Crippen LogP contribution in [0.4, 0.5) is 0 Å². The van der Waals surface area contributed by atoms with Gasteiger partial charge in [0.2, 0.25) is 47.3 Å². The lowest BCUT2D eigenvalue weighted by Gasteiger charge is -2.27. The molecule has 0 radical (unpaired) electrons. The molecular weight excluding hydrogens is 876 g/mol. The second kappa shape index (κ2) is 29.0. The SMILES string of the molecule is CC(C)C[C@H](N)C(=O)N[C@@H](CO)C(=O)N[C@@H](CO)C(=O)N[C@@H](CCC(N)=O)C(=O)N[C@@H](Cc1ccc(O)cc1)C(=O)N[C@@H](CO)C(=O)N[C@@H](CCCN=C(N)N)C(=O)N[C@H](C(=O)O)[C@@H](C)O. The Labute approximate surface area is 379 Å². The third kappa shape index (κ3) is 20.9. The van der Waals surface area contributed by atoms with Gasteiger partial charge in [-0.05, 0) is 56.2 Å². The Morgan fingerprint density at radius 3 is 1.44 bits per heavy atom. The molecule has 0 heterocycles. The van der Waals surface area contributed by atoms with Crippen molar-refractivity contribution in [3.63, 3.8) is 0 Å². The molecule has 1 rings (SSSR count). The van der Waals surface area contributed by atoms with Gasteiger partial charge < -0.3 is 90.8 Å². The number of phenolic OH excluding ortho intramolecular Hbond substituents is 1. The van der Waals surface area contributed by atoms with Crippen LogP contribution >= 0.6 is 0 Å². The number of carboxylic acid groups (broad SMARTS) is 1. The van der Waals surface area contributed by atoms with E-state index in [2.05, 4.69) is 42.2 Å². The number of aliphatic hydroxyl groups is 4. The standard InChI is InChI=1S/C39H64N12O15/c1-18(2)13-22(40)31(58)48-26(15-52)37(64)50-28(17-54)36(63)46-24(10-11-29(41)57)32(59)47-25(14-20-6-8-21(56)9-7-20)34(61)49-27(16-53)35(62)45-23(5-4-12-44-39(42)43)33(60)51-30(19(3)55)38(65)66/h6-9,18-19,22-28,30,52-56H,4-5,10-17,40H2,1-3H3,(H2,41,57)(H,45,62)(H,46,63)(H,47,59)(H,48,58)(H,49,61)(H,50,64)(H,51,60)(H,65,66)(H4,42,43,44)/t19-,22+,23+,24+,25+,26+,27+,28+,30+/m1/s1. The summed E-state index contributed by atoms with van der Waals surface area (Å²) in [6, 6.07) is -7.74. The number of nitrogens with one attached hydrogen (secondary N) is 7. The second-order valence-corrected chi connectivity index (χ2v) is 15.5. The number of nitrogens with two attached hydrogens (primary N) is 4. The number of guanidine groups is 1. The van der Waals surface area contributed by atoms with Crippen molar-refractivity contribution in [1.82, 2.24) is 37.2 Å². The first-order chi connectivity index (χ1) is 30.9. The number of carboxylic acids is 1. The predicted molar refractivity (Wildman–Crippen MR) is 232 cm³/mol. The number of aromatic hydroxyl groups is 1. The molecule has 0 aliphatic rings. The molecule has 0 saturated heterocycles. The number of amides is 8. The summed E-state index contributed by atoms with van der Waals surface area (Å²) in [5.41, 5.74) is 22.1. The van der Waals surface area contributed by atoms with Crippen molar-refractivity contribution in [2.75, 3.05) is 26.4 Å². The van der Waals surface area contributed by atoms with E-state index in [0.29, 0.717) is 5.56 Å². The van der Waals surface area contributed by atoms with E-state index < -0.39 is 140 Å². The van der Waals surface area contributed by atoms with Crippen molar-refractivity contribution in [3.8, 4) is 5.75 Å². The van der Waals surface area contributed by atoms with Gasteiger partial charge in [0.1, 0.15) is 42.0 Å². The molecule has 370 valence electrons. The molecule has 21 N–H and O–H groups in total. The number of primary amides is 1. The van der Waals surface area contributed by atoms with Crippen molar-refractivity contribution >= 4 is 59.2 Å². The lowest BCUT2D eigenvalue weighted by molar-refractivity contribution is -0.145. The summed E-state index contributed by atoms with van der Waals surface area (Å²) in [6.45, 7) is 1.56. The van der Waals surface area contributed by atoms with Gasteiger partial charge in [-0.3, -0.25) is 43.3 Å². The van der Waals surface area contributed by atoms with E-state index in [-0.39, 0.29) is 49.9 Å². The van der Waals surface area contributed by atoms with Crippen molar-refractivity contribution in [1.29, 1.82) is 0 Å². The van der Waals surface area contributed by atoms with Crippen molar-refractivity contribution < 1.29 is 73.8 Å². The number of nitrogens with zero attached hydrogens (tertiary/aromatic N) is 1. The maximum Gasteiger partial charge on any atom is 0.328 e. The van der Waals surface area contributed by atoms with Gasteiger partial charge in [0.05, 0.1) is 32.0 Å². The van der Waals surface area contributed by atoms with E-state index in [9.17, 15) is 73.8 Å². The highest BCUT2D eigenvalue weighted by atomic mass is 16.4. The summed E-state index contributed by atoms with van der Waals surface area (Å²) in [4.78, 5) is 121. The van der Waals surface area contributed by atoms with Gasteiger partial charge in [0.25, 0.3) is 0 Å². The zero-order valence-electron chi connectivity index (χ0n) is 36.8. The molecule has 27 heteroatoms. The van der Waals surface area contributed by atoms with Crippen LogP contribution in [0.25, 0.3) is 0 Å². The number of aliphatic carboxylic acids is 1. The van der Waals surface area contributed by atoms with Crippen LogP contribution in [0.15, 0.2) is 29.3 Å². The van der Waals surface area contributed by atoms with Crippen molar-refractivity contribution in [3.05, 3.63) is 29.8 Å². The van der Waals surface area contributed by atoms with E-state index in [0.717, 1.165) is 6.92 Å². The first kappa shape index (κ1) is 57.3. The number of carbonyl (C=O) groups is 9. The minimum atomic E-state index is -1.84. The minimum absolute atomic E-state index is 0.0100. The van der Waals surface area contributed by atoms with E-state index in [1.807, 2.05) is 0 Å². The smallest absolute Gasteiger partial charge is 0.328 e. The van der Waals surface area contributed by atoms with Gasteiger partial charge in [-0.1, -0.05) is 26.0 Å². The number of benzene rings is 1. The Morgan fingerprint density at radius 2 is 1.02 bits per heavy atom. The van der Waals surface area contributed by atoms with Gasteiger partial charge >= 0.3 is 5.97 Å². The molecule has 1 aromatic carbocycles. The molecular formula is C39H64N12O15. The van der Waals surface area contributed by atoms with Crippen LogP contribution in [0.3, 0.4) is 0 Å². The Hall–Kier alpha value is -6.68. The Kier molecular flexibility index (Phi) is 25.2. The van der Waals surface area contributed by atoms with Crippen LogP contribution in [0.2, 0.25) is 0 Å². The van der Waals surface area contributed by atoms with Crippen molar-refractivity contribution in [2.24, 2.45) is 33.8 Å². The summed E-state index contributed by atoms with van der Waals surface area (Å²) < 4.78 is 0. The molecule has 0 aliphatic carbocycles. The molecule has 0 aromatic heterocycles. The summed E-state index contributed by atoms with van der Waals surface area (Å²) in [5.74, 6) is -10.6. The number of hydrogen-bond donors (Lipinski definition) is 17. The maximum absolute atomic E-state index is 13.9. The zero-order chi connectivity index (χ0) is 50.3. The van der Waals surface area contributed by atoms with Gasteiger partial charge in [-0.25, -0.2) is 4.79 Å². The molecule has 0 saturated carbocycles. The molecule has 8 amide bonds. The normalized spacial score (nSPS) is 15.1. The predicted octanol–water partition coefficient (Wildman–Crippen LogP) is -7.54. The average molecular weight is 941 g/mol. The molecule has 0 fully saturated rings. The molecule has 0 unspecified atom stereocenters. The quantitative estimate of drug-likeness (QED) is 0.0193. The topological polar surface area (TPSA) is 476 Å². The number of phenols is 1. The van der Waals surface area contributed by atoms with Crippen LogP contribution in [-0.4, -0.2) is 171 Å². The average Bonchev–Trinajstić information content (AvgIpc) is 3.24. The fraction of sp³-hybridized carbons (Fsp3) is 0.590. The van der Waals surface area contributed by atoms with E-state index in [4.69, 9.17) is 22.9 Å². The number of aliphatic hydroxyl groups excluding tert-OH is 4. The lowest BCUT2D eigenvalue weighted by Crippen LogP contribution is -2.61. The maximum atomic E-state index is 13.9. The van der Waals surface area contributed by atoms with Crippen LogP contribution in [0.5, 0.6) is 5.75 Å². The highest BCUT2D eigenvalue weighted by molar-refractivity contribution is 5.98.